The van der Waals surface area contributed by atoms with Crippen molar-refractivity contribution in [2.75, 3.05) is 24.6 Å². The van der Waals surface area contributed by atoms with Crippen LogP contribution in [0.2, 0.25) is 0 Å². The number of hydrogen-bond acceptors (Lipinski definition) is 5. The number of nitrogens with zero attached hydrogens (tertiary/aromatic N) is 1. The Bertz CT molecular complexity index is 650. The molecule has 6 heteroatoms. The third kappa shape index (κ3) is 4.24. The Labute approximate surface area is 128 Å². The van der Waals surface area contributed by atoms with Crippen molar-refractivity contribution in [1.82, 2.24) is 0 Å². The third-order valence-corrected chi connectivity index (χ3v) is 2.98. The van der Waals surface area contributed by atoms with E-state index in [9.17, 15) is 10.2 Å². The molecule has 0 atom stereocenters. The van der Waals surface area contributed by atoms with E-state index in [0.717, 1.165) is 0 Å². The van der Waals surface area contributed by atoms with Crippen LogP contribution < -0.4 is 16.5 Å². The minimum absolute atomic E-state index is 0.141. The van der Waals surface area contributed by atoms with Gasteiger partial charge in [0, 0.05) is 23.2 Å². The van der Waals surface area contributed by atoms with E-state index in [2.05, 4.69) is 9.98 Å². The van der Waals surface area contributed by atoms with Gasteiger partial charge in [-0.2, -0.15) is 0 Å². The first-order valence-corrected chi connectivity index (χ1v) is 6.79. The lowest BCUT2D eigenvalue weighted by Gasteiger charge is -1.99. The van der Waals surface area contributed by atoms with Crippen molar-refractivity contribution in [3.63, 3.8) is 0 Å². The molecular weight excluding hydrogens is 280 g/mol. The summed E-state index contributed by atoms with van der Waals surface area (Å²) in [6, 6.07) is 9.67. The molecule has 6 nitrogen and oxygen atoms in total. The summed E-state index contributed by atoms with van der Waals surface area (Å²) >= 11 is 0. The topological polar surface area (TPSA) is 119 Å². The molecule has 2 rings (SSSR count). The highest BCUT2D eigenvalue weighted by molar-refractivity contribution is 5.84. The monoisotopic (exact) mass is 299 g/mol. The lowest BCUT2D eigenvalue weighted by Crippen LogP contribution is -2.70. The number of aromatic hydroxyl groups is 2. The van der Waals surface area contributed by atoms with Crippen molar-refractivity contribution in [2.24, 2.45) is 4.99 Å². The molecule has 2 aromatic rings. The van der Waals surface area contributed by atoms with Crippen LogP contribution >= 0.6 is 0 Å². The van der Waals surface area contributed by atoms with Gasteiger partial charge in [0.25, 0.3) is 0 Å². The molecule has 0 heterocycles. The number of anilines is 2. The maximum absolute atomic E-state index is 9.65. The van der Waals surface area contributed by atoms with Crippen LogP contribution in [0.3, 0.4) is 0 Å². The zero-order chi connectivity index (χ0) is 15.9. The molecule has 0 spiro atoms. The Morgan fingerprint density at radius 3 is 2.23 bits per heavy atom. The summed E-state index contributed by atoms with van der Waals surface area (Å²) in [5, 5.41) is 19.3. The van der Waals surface area contributed by atoms with Crippen LogP contribution in [0.15, 0.2) is 41.4 Å². The van der Waals surface area contributed by atoms with Gasteiger partial charge < -0.3 is 21.7 Å². The van der Waals surface area contributed by atoms with Crippen molar-refractivity contribution in [3.8, 4) is 11.5 Å². The molecule has 0 bridgehead atoms. The van der Waals surface area contributed by atoms with E-state index in [1.807, 2.05) is 0 Å². The number of aliphatic imine (C=N–C) groups is 1. The summed E-state index contributed by atoms with van der Waals surface area (Å²) in [6.07, 6.45) is 3.25. The van der Waals surface area contributed by atoms with E-state index in [-0.39, 0.29) is 11.5 Å². The highest BCUT2D eigenvalue weighted by atomic mass is 16.3. The molecule has 114 valence electrons. The molecule has 0 saturated heterocycles. The number of nitrogens with one attached hydrogen (secondary N) is 1. The molecule has 22 heavy (non-hydrogen) atoms. The molecule has 0 aliphatic carbocycles. The Hall–Kier alpha value is -3.02. The smallest absolute Gasteiger partial charge is 0.172 e. The predicted molar refractivity (Wildman–Crippen MR) is 88.5 cm³/mol. The van der Waals surface area contributed by atoms with E-state index >= 15 is 0 Å². The van der Waals surface area contributed by atoms with E-state index in [1.165, 1.54) is 6.07 Å². The first-order chi connectivity index (χ1) is 10.6. The summed E-state index contributed by atoms with van der Waals surface area (Å²) in [6.45, 7) is 1.08. The predicted octanol–water partition coefficient (Wildman–Crippen LogP) is -0.119. The molecule has 0 amide bonds. The van der Waals surface area contributed by atoms with Crippen molar-refractivity contribution >= 4 is 23.8 Å². The van der Waals surface area contributed by atoms with E-state index in [0.29, 0.717) is 35.6 Å². The largest absolute Gasteiger partial charge is 0.507 e. The standard InChI is InChI=1S/C16H18N4O2/c17-13-1-3-15(21)11(7-13)9-19-5-6-20-10-12-8-14(18)2-4-16(12)22/h1-4,7-10,21-22H,5-6,17-18H2/p+1. The highest BCUT2D eigenvalue weighted by Gasteiger charge is 2.01. The minimum Gasteiger partial charge on any atom is -0.507 e. The molecule has 0 radical (unpaired) electrons. The zero-order valence-corrected chi connectivity index (χ0v) is 12.0. The van der Waals surface area contributed by atoms with Crippen LogP contribution in [0.25, 0.3) is 0 Å². The molecule has 0 aliphatic rings. The summed E-state index contributed by atoms with van der Waals surface area (Å²) in [5.74, 6) is 0.303. The summed E-state index contributed by atoms with van der Waals surface area (Å²) in [4.78, 5) is 7.24. The average molecular weight is 299 g/mol. The van der Waals surface area contributed by atoms with E-state index in [4.69, 9.17) is 11.5 Å². The lowest BCUT2D eigenvalue weighted by molar-refractivity contribution is -0.447. The van der Waals surface area contributed by atoms with Crippen LogP contribution in [0, 0.1) is 0 Å². The van der Waals surface area contributed by atoms with Gasteiger partial charge in [0.15, 0.2) is 12.8 Å². The van der Waals surface area contributed by atoms with Gasteiger partial charge >= 0.3 is 0 Å². The molecule has 0 unspecified atom stereocenters. The maximum atomic E-state index is 9.65. The van der Waals surface area contributed by atoms with E-state index < -0.39 is 0 Å². The first kappa shape index (κ1) is 15.4. The number of phenols is 2. The fourth-order valence-corrected chi connectivity index (χ4v) is 1.84. The molecule has 0 fully saturated rings. The number of nitrogen functional groups attached to an aromatic ring is 2. The van der Waals surface area contributed by atoms with Gasteiger partial charge in [0.2, 0.25) is 0 Å². The Morgan fingerprint density at radius 2 is 1.55 bits per heavy atom. The van der Waals surface area contributed by atoms with Crippen molar-refractivity contribution in [3.05, 3.63) is 47.5 Å². The lowest BCUT2D eigenvalue weighted by atomic mass is 10.2. The molecule has 0 saturated carbocycles. The number of hydrogen-bond donors (Lipinski definition) is 5. The Kier molecular flexibility index (Phi) is 4.98. The molecular formula is C16H19N4O2+. The number of rotatable bonds is 5. The van der Waals surface area contributed by atoms with Gasteiger partial charge in [-0.05, 0) is 36.4 Å². The Morgan fingerprint density at radius 1 is 0.955 bits per heavy atom. The normalized spacial score (nSPS) is 11.5. The molecule has 0 aliphatic heterocycles. The van der Waals surface area contributed by atoms with Crippen molar-refractivity contribution < 1.29 is 15.2 Å². The van der Waals surface area contributed by atoms with Crippen LogP contribution in [-0.2, 0) is 0 Å². The second kappa shape index (κ2) is 7.12. The minimum atomic E-state index is 0.141. The summed E-state index contributed by atoms with van der Waals surface area (Å²) in [7, 11) is 0. The van der Waals surface area contributed by atoms with Gasteiger partial charge in [-0.25, -0.2) is 4.99 Å². The number of benzene rings is 2. The van der Waals surface area contributed by atoms with E-state index in [1.54, 1.807) is 42.8 Å². The van der Waals surface area contributed by atoms with Crippen LogP contribution in [0.4, 0.5) is 11.4 Å². The van der Waals surface area contributed by atoms with Gasteiger partial charge in [-0.3, -0.25) is 4.99 Å². The molecule has 2 aromatic carbocycles. The van der Waals surface area contributed by atoms with Crippen LogP contribution in [0.1, 0.15) is 11.1 Å². The second-order valence-corrected chi connectivity index (χ2v) is 4.77. The molecule has 7 N–H and O–H groups in total. The Balaban J connectivity index is 1.89. The fraction of sp³-hybridized carbons (Fsp3) is 0.125. The number of nitrogens with two attached hydrogens (primary N) is 2. The number of phenolic OH excluding ortho intramolecular Hbond substituents is 2. The quantitative estimate of drug-likeness (QED) is 0.229. The SMILES string of the molecule is Nc1ccc(O)c(C=NCC[NH+]=Cc2cc(N)ccc2O)c1. The van der Waals surface area contributed by atoms with Gasteiger partial charge in [0.1, 0.15) is 11.5 Å². The fourth-order valence-electron chi connectivity index (χ4n) is 1.84. The van der Waals surface area contributed by atoms with Crippen LogP contribution in [0.5, 0.6) is 11.5 Å². The van der Waals surface area contributed by atoms with Crippen LogP contribution in [-0.4, -0.2) is 35.7 Å². The van der Waals surface area contributed by atoms with Gasteiger partial charge in [-0.1, -0.05) is 0 Å². The van der Waals surface area contributed by atoms with Gasteiger partial charge in [0.05, 0.1) is 12.1 Å². The van der Waals surface area contributed by atoms with Crippen molar-refractivity contribution in [2.45, 2.75) is 0 Å². The van der Waals surface area contributed by atoms with Gasteiger partial charge in [-0.15, -0.1) is 0 Å². The highest BCUT2D eigenvalue weighted by Crippen LogP contribution is 2.17. The maximum Gasteiger partial charge on any atom is 0.172 e. The first-order valence-electron chi connectivity index (χ1n) is 6.79. The van der Waals surface area contributed by atoms with Crippen molar-refractivity contribution in [1.29, 1.82) is 0 Å². The second-order valence-electron chi connectivity index (χ2n) is 4.77. The third-order valence-electron chi connectivity index (χ3n) is 2.98. The zero-order valence-electron chi connectivity index (χ0n) is 12.0. The summed E-state index contributed by atoms with van der Waals surface area (Å²) < 4.78 is 0. The summed E-state index contributed by atoms with van der Waals surface area (Å²) in [5.41, 5.74) is 13.7. The average Bonchev–Trinajstić information content (AvgIpc) is 2.49. The molecule has 0 aromatic heterocycles.